The third-order valence-electron chi connectivity index (χ3n) is 5.66. The smallest absolute Gasteiger partial charge is 0.225 e. The summed E-state index contributed by atoms with van der Waals surface area (Å²) in [5, 5.41) is 3.46. The van der Waals surface area contributed by atoms with Gasteiger partial charge in [-0.05, 0) is 43.0 Å². The SMILES string of the molecule is CCNC(=NCc1ccc2c(c1)CCCN2C)N1CCN(c2ncccn2)CC1.I. The van der Waals surface area contributed by atoms with Crippen LogP contribution in [0, 0.1) is 0 Å². The molecule has 0 bridgehead atoms. The second kappa shape index (κ2) is 10.8. The highest BCUT2D eigenvalue weighted by Crippen LogP contribution is 2.27. The molecule has 0 amide bonds. The number of halogens is 1. The molecule has 0 aliphatic carbocycles. The molecule has 0 atom stereocenters. The van der Waals surface area contributed by atoms with E-state index in [0.717, 1.165) is 51.2 Å². The molecular weight excluding hydrogens is 489 g/mol. The summed E-state index contributed by atoms with van der Waals surface area (Å²) in [6.45, 7) is 8.49. The number of aromatic nitrogens is 2. The van der Waals surface area contributed by atoms with Crippen LogP contribution in [0.1, 0.15) is 24.5 Å². The van der Waals surface area contributed by atoms with E-state index in [4.69, 9.17) is 4.99 Å². The fraction of sp³-hybridized carbons (Fsp3) is 0.500. The van der Waals surface area contributed by atoms with Gasteiger partial charge in [0.2, 0.25) is 5.95 Å². The van der Waals surface area contributed by atoms with Gasteiger partial charge in [0.15, 0.2) is 5.96 Å². The van der Waals surface area contributed by atoms with Crippen LogP contribution < -0.4 is 15.1 Å². The summed E-state index contributed by atoms with van der Waals surface area (Å²) in [5.74, 6) is 1.81. The third-order valence-corrected chi connectivity index (χ3v) is 5.66. The zero-order chi connectivity index (χ0) is 20.1. The van der Waals surface area contributed by atoms with E-state index in [1.54, 1.807) is 12.4 Å². The number of anilines is 2. The van der Waals surface area contributed by atoms with E-state index >= 15 is 0 Å². The van der Waals surface area contributed by atoms with E-state index in [0.29, 0.717) is 6.54 Å². The van der Waals surface area contributed by atoms with Gasteiger partial charge in [0, 0.05) is 64.4 Å². The van der Waals surface area contributed by atoms with Crippen LogP contribution in [0.2, 0.25) is 0 Å². The number of nitrogens with zero attached hydrogens (tertiary/aromatic N) is 6. The predicted octanol–water partition coefficient (Wildman–Crippen LogP) is 2.76. The summed E-state index contributed by atoms with van der Waals surface area (Å²) in [4.78, 5) is 20.6. The van der Waals surface area contributed by atoms with Crippen molar-refractivity contribution in [3.63, 3.8) is 0 Å². The first-order chi connectivity index (χ1) is 14.2. The Bertz CT molecular complexity index is 835. The van der Waals surface area contributed by atoms with E-state index in [-0.39, 0.29) is 24.0 Å². The number of nitrogens with one attached hydrogen (secondary N) is 1. The lowest BCUT2D eigenvalue weighted by atomic mass is 10.00. The lowest BCUT2D eigenvalue weighted by Gasteiger charge is -2.36. The van der Waals surface area contributed by atoms with E-state index in [1.807, 2.05) is 6.07 Å². The Morgan fingerprint density at radius 1 is 1.10 bits per heavy atom. The number of aliphatic imine (C=N–C) groups is 1. The molecule has 1 aromatic heterocycles. The van der Waals surface area contributed by atoms with E-state index in [9.17, 15) is 0 Å². The molecule has 0 unspecified atom stereocenters. The number of fused-ring (bicyclic) bond motifs is 1. The third kappa shape index (κ3) is 5.33. The Labute approximate surface area is 196 Å². The molecule has 2 aromatic rings. The zero-order valence-corrected chi connectivity index (χ0v) is 20.2. The van der Waals surface area contributed by atoms with Crippen LogP contribution in [0.25, 0.3) is 0 Å². The first kappa shape index (κ1) is 22.6. The van der Waals surface area contributed by atoms with Gasteiger partial charge in [-0.1, -0.05) is 12.1 Å². The normalized spacial score (nSPS) is 16.7. The summed E-state index contributed by atoms with van der Waals surface area (Å²) in [7, 11) is 2.18. The van der Waals surface area contributed by atoms with Gasteiger partial charge in [-0.25, -0.2) is 15.0 Å². The molecule has 0 radical (unpaired) electrons. The molecule has 2 aliphatic rings. The Kier molecular flexibility index (Phi) is 8.12. The molecule has 1 N–H and O–H groups in total. The maximum atomic E-state index is 4.94. The van der Waals surface area contributed by atoms with Crippen LogP contribution in [-0.2, 0) is 13.0 Å². The van der Waals surface area contributed by atoms with Crippen molar-refractivity contribution in [1.82, 2.24) is 20.2 Å². The van der Waals surface area contributed by atoms with Gasteiger partial charge < -0.3 is 20.0 Å². The van der Waals surface area contributed by atoms with E-state index in [2.05, 4.69) is 62.2 Å². The Morgan fingerprint density at radius 2 is 1.87 bits per heavy atom. The van der Waals surface area contributed by atoms with Gasteiger partial charge >= 0.3 is 0 Å². The highest BCUT2D eigenvalue weighted by Gasteiger charge is 2.21. The Balaban J connectivity index is 0.00000256. The van der Waals surface area contributed by atoms with Crippen molar-refractivity contribution < 1.29 is 0 Å². The van der Waals surface area contributed by atoms with Crippen molar-refractivity contribution in [2.24, 2.45) is 4.99 Å². The summed E-state index contributed by atoms with van der Waals surface area (Å²) in [6, 6.07) is 8.67. The number of hydrogen-bond acceptors (Lipinski definition) is 5. The monoisotopic (exact) mass is 521 g/mol. The molecule has 8 heteroatoms. The van der Waals surface area contributed by atoms with Gasteiger partial charge in [-0.15, -0.1) is 24.0 Å². The second-order valence-corrected chi connectivity index (χ2v) is 7.68. The van der Waals surface area contributed by atoms with Gasteiger partial charge in [-0.2, -0.15) is 0 Å². The lowest BCUT2D eigenvalue weighted by molar-refractivity contribution is 0.370. The van der Waals surface area contributed by atoms with Crippen LogP contribution in [0.4, 0.5) is 11.6 Å². The molecule has 4 rings (SSSR count). The number of hydrogen-bond donors (Lipinski definition) is 1. The summed E-state index contributed by atoms with van der Waals surface area (Å²) < 4.78 is 0. The minimum Gasteiger partial charge on any atom is -0.374 e. The molecule has 1 saturated heterocycles. The second-order valence-electron chi connectivity index (χ2n) is 7.68. The van der Waals surface area contributed by atoms with Crippen molar-refractivity contribution in [2.45, 2.75) is 26.3 Å². The van der Waals surface area contributed by atoms with E-state index < -0.39 is 0 Å². The Hall–Kier alpha value is -2.10. The molecule has 0 spiro atoms. The topological polar surface area (TPSA) is 59.9 Å². The number of rotatable bonds is 4. The molecule has 1 fully saturated rings. The largest absolute Gasteiger partial charge is 0.374 e. The fourth-order valence-electron chi connectivity index (χ4n) is 4.10. The molecule has 30 heavy (non-hydrogen) atoms. The number of piperazine rings is 1. The van der Waals surface area contributed by atoms with E-state index in [1.165, 1.54) is 29.7 Å². The standard InChI is InChI=1S/C22H31N7.HI/c1-3-23-21(28-12-14-29(15-13-28)22-24-9-5-10-25-22)26-17-18-7-8-20-19(16-18)6-4-11-27(20)2;/h5,7-10,16H,3-4,6,11-15,17H2,1-2H3,(H,23,26);1H. The van der Waals surface area contributed by atoms with Crippen molar-refractivity contribution in [2.75, 3.05) is 56.1 Å². The predicted molar refractivity (Wildman–Crippen MR) is 134 cm³/mol. The Morgan fingerprint density at radius 3 is 2.60 bits per heavy atom. The van der Waals surface area contributed by atoms with Gasteiger partial charge in [-0.3, -0.25) is 0 Å². The van der Waals surface area contributed by atoms with Crippen molar-refractivity contribution in [3.8, 4) is 0 Å². The average molecular weight is 521 g/mol. The zero-order valence-electron chi connectivity index (χ0n) is 17.9. The molecule has 0 saturated carbocycles. The minimum absolute atomic E-state index is 0. The molecule has 3 heterocycles. The summed E-state index contributed by atoms with van der Waals surface area (Å²) in [5.41, 5.74) is 4.11. The van der Waals surface area contributed by atoms with Crippen LogP contribution in [0.3, 0.4) is 0 Å². The van der Waals surface area contributed by atoms with Crippen LogP contribution in [0.15, 0.2) is 41.7 Å². The fourth-order valence-corrected chi connectivity index (χ4v) is 4.10. The molecule has 7 nitrogen and oxygen atoms in total. The highest BCUT2D eigenvalue weighted by atomic mass is 127. The first-order valence-corrected chi connectivity index (χ1v) is 10.6. The maximum absolute atomic E-state index is 4.94. The maximum Gasteiger partial charge on any atom is 0.225 e. The van der Waals surface area contributed by atoms with Crippen LogP contribution in [0.5, 0.6) is 0 Å². The molecule has 2 aliphatic heterocycles. The van der Waals surface area contributed by atoms with Crippen molar-refractivity contribution in [1.29, 1.82) is 0 Å². The van der Waals surface area contributed by atoms with Gasteiger partial charge in [0.05, 0.1) is 6.54 Å². The average Bonchev–Trinajstić information content (AvgIpc) is 2.77. The van der Waals surface area contributed by atoms with Crippen LogP contribution >= 0.6 is 24.0 Å². The molecule has 1 aromatic carbocycles. The summed E-state index contributed by atoms with van der Waals surface area (Å²) in [6.07, 6.45) is 6.00. The number of guanidine groups is 1. The van der Waals surface area contributed by atoms with Crippen LogP contribution in [-0.4, -0.2) is 67.1 Å². The summed E-state index contributed by atoms with van der Waals surface area (Å²) >= 11 is 0. The first-order valence-electron chi connectivity index (χ1n) is 10.6. The molecule has 162 valence electrons. The van der Waals surface area contributed by atoms with Gasteiger partial charge in [0.1, 0.15) is 0 Å². The van der Waals surface area contributed by atoms with Gasteiger partial charge in [0.25, 0.3) is 0 Å². The quantitative estimate of drug-likeness (QED) is 0.380. The van der Waals surface area contributed by atoms with Crippen molar-refractivity contribution in [3.05, 3.63) is 47.8 Å². The number of benzene rings is 1. The lowest BCUT2D eigenvalue weighted by Crippen LogP contribution is -2.52. The van der Waals surface area contributed by atoms with Crippen molar-refractivity contribution >= 4 is 41.6 Å². The number of aryl methyl sites for hydroxylation is 1. The highest BCUT2D eigenvalue weighted by molar-refractivity contribution is 14.0. The minimum atomic E-state index is 0. The molecular formula is C22H32IN7.